The molecular weight excluding hydrogens is 196 g/mol. The minimum Gasteiger partial charge on any atom is -0.186 e. The van der Waals surface area contributed by atoms with E-state index < -0.39 is 0 Å². The maximum atomic E-state index is 8.12. The van der Waals surface area contributed by atoms with Gasteiger partial charge in [0.15, 0.2) is 0 Å². The SMILES string of the molecule is C[C@@H](S)CCc1ccccc1.O=C=O. The van der Waals surface area contributed by atoms with Gasteiger partial charge in [-0.1, -0.05) is 37.3 Å². The second-order valence-corrected chi connectivity index (χ2v) is 3.84. The Morgan fingerprint density at radius 1 is 1.29 bits per heavy atom. The van der Waals surface area contributed by atoms with Crippen molar-refractivity contribution in [1.29, 1.82) is 0 Å². The van der Waals surface area contributed by atoms with Crippen LogP contribution in [0.2, 0.25) is 0 Å². The number of hydrogen-bond donors (Lipinski definition) is 1. The Balaban J connectivity index is 0.000000500. The van der Waals surface area contributed by atoms with Crippen LogP contribution in [-0.4, -0.2) is 11.4 Å². The van der Waals surface area contributed by atoms with E-state index in [0.717, 1.165) is 12.8 Å². The molecule has 0 aromatic heterocycles. The van der Waals surface area contributed by atoms with Crippen LogP contribution in [0.4, 0.5) is 0 Å². The molecule has 14 heavy (non-hydrogen) atoms. The van der Waals surface area contributed by atoms with Gasteiger partial charge in [0, 0.05) is 0 Å². The van der Waals surface area contributed by atoms with Gasteiger partial charge < -0.3 is 0 Å². The first kappa shape index (κ1) is 12.9. The maximum absolute atomic E-state index is 8.12. The van der Waals surface area contributed by atoms with Gasteiger partial charge in [0.1, 0.15) is 0 Å². The number of aryl methyl sites for hydroxylation is 1. The highest BCUT2D eigenvalue weighted by Crippen LogP contribution is 2.07. The summed E-state index contributed by atoms with van der Waals surface area (Å²) in [6, 6.07) is 10.5. The van der Waals surface area contributed by atoms with Gasteiger partial charge in [0.25, 0.3) is 0 Å². The summed E-state index contributed by atoms with van der Waals surface area (Å²) in [5.74, 6) is 0. The Morgan fingerprint density at radius 2 is 1.79 bits per heavy atom. The lowest BCUT2D eigenvalue weighted by Gasteiger charge is -2.02. The molecular formula is C11H14O2S. The van der Waals surface area contributed by atoms with Crippen molar-refractivity contribution in [2.24, 2.45) is 0 Å². The molecule has 0 saturated carbocycles. The lowest BCUT2D eigenvalue weighted by Crippen LogP contribution is -1.93. The molecule has 0 aliphatic carbocycles. The molecule has 0 saturated heterocycles. The zero-order chi connectivity index (χ0) is 10.8. The summed E-state index contributed by atoms with van der Waals surface area (Å²) in [5, 5.41) is 0.509. The molecule has 0 unspecified atom stereocenters. The van der Waals surface area contributed by atoms with E-state index in [1.165, 1.54) is 5.56 Å². The third-order valence-electron chi connectivity index (χ3n) is 1.69. The van der Waals surface area contributed by atoms with E-state index >= 15 is 0 Å². The van der Waals surface area contributed by atoms with Crippen molar-refractivity contribution in [3.05, 3.63) is 35.9 Å². The second kappa shape index (κ2) is 8.54. The van der Waals surface area contributed by atoms with E-state index in [2.05, 4.69) is 43.8 Å². The number of rotatable bonds is 3. The van der Waals surface area contributed by atoms with Crippen molar-refractivity contribution in [3.63, 3.8) is 0 Å². The predicted octanol–water partition coefficient (Wildman–Crippen LogP) is 2.35. The predicted molar refractivity (Wildman–Crippen MR) is 58.2 cm³/mol. The molecule has 0 bridgehead atoms. The molecule has 0 aliphatic heterocycles. The smallest absolute Gasteiger partial charge is 0.186 e. The van der Waals surface area contributed by atoms with Gasteiger partial charge in [0.2, 0.25) is 0 Å². The molecule has 0 N–H and O–H groups in total. The van der Waals surface area contributed by atoms with Gasteiger partial charge >= 0.3 is 6.15 Å². The van der Waals surface area contributed by atoms with Crippen molar-refractivity contribution in [2.45, 2.75) is 25.0 Å². The van der Waals surface area contributed by atoms with Crippen molar-refractivity contribution in [2.75, 3.05) is 0 Å². The Bertz CT molecular complexity index is 264. The van der Waals surface area contributed by atoms with Crippen LogP contribution in [0.3, 0.4) is 0 Å². The average molecular weight is 210 g/mol. The normalized spacial score (nSPS) is 10.7. The highest BCUT2D eigenvalue weighted by Gasteiger charge is 1.95. The Labute approximate surface area is 89.7 Å². The number of thiol groups is 1. The number of hydrogen-bond acceptors (Lipinski definition) is 3. The van der Waals surface area contributed by atoms with Crippen LogP contribution in [0, 0.1) is 0 Å². The zero-order valence-electron chi connectivity index (χ0n) is 8.14. The summed E-state index contributed by atoms with van der Waals surface area (Å²) in [4.78, 5) is 16.2. The van der Waals surface area contributed by atoms with Crippen molar-refractivity contribution >= 4 is 18.8 Å². The molecule has 0 spiro atoms. The molecule has 2 nitrogen and oxygen atoms in total. The molecule has 0 heterocycles. The average Bonchev–Trinajstić information content (AvgIpc) is 2.18. The van der Waals surface area contributed by atoms with Crippen molar-refractivity contribution < 1.29 is 9.59 Å². The van der Waals surface area contributed by atoms with Gasteiger partial charge in [-0.25, -0.2) is 0 Å². The molecule has 0 radical (unpaired) electrons. The Hall–Kier alpha value is -1.05. The summed E-state index contributed by atoms with van der Waals surface area (Å²) < 4.78 is 0. The van der Waals surface area contributed by atoms with Gasteiger partial charge in [-0.3, -0.25) is 0 Å². The third kappa shape index (κ3) is 7.59. The Kier molecular flexibility index (Phi) is 7.90. The van der Waals surface area contributed by atoms with Crippen LogP contribution in [0.25, 0.3) is 0 Å². The van der Waals surface area contributed by atoms with E-state index in [-0.39, 0.29) is 6.15 Å². The van der Waals surface area contributed by atoms with E-state index in [1.54, 1.807) is 0 Å². The molecule has 3 heteroatoms. The topological polar surface area (TPSA) is 34.1 Å². The number of carbonyl (C=O) groups excluding carboxylic acids is 2. The van der Waals surface area contributed by atoms with Crippen LogP contribution in [-0.2, 0) is 16.0 Å². The van der Waals surface area contributed by atoms with E-state index in [4.69, 9.17) is 9.59 Å². The van der Waals surface area contributed by atoms with Crippen LogP contribution in [0.15, 0.2) is 30.3 Å². The van der Waals surface area contributed by atoms with Crippen molar-refractivity contribution in [3.8, 4) is 0 Å². The van der Waals surface area contributed by atoms with Gasteiger partial charge in [0.05, 0.1) is 0 Å². The molecule has 0 fully saturated rings. The lowest BCUT2D eigenvalue weighted by atomic mass is 10.1. The minimum atomic E-state index is 0.250. The summed E-state index contributed by atoms with van der Waals surface area (Å²) in [7, 11) is 0. The molecule has 1 atom stereocenters. The second-order valence-electron chi connectivity index (χ2n) is 2.96. The zero-order valence-corrected chi connectivity index (χ0v) is 9.04. The summed E-state index contributed by atoms with van der Waals surface area (Å²) in [5.41, 5.74) is 1.41. The van der Waals surface area contributed by atoms with Gasteiger partial charge in [-0.2, -0.15) is 22.2 Å². The fraction of sp³-hybridized carbons (Fsp3) is 0.364. The highest BCUT2D eigenvalue weighted by molar-refractivity contribution is 7.80. The fourth-order valence-corrected chi connectivity index (χ4v) is 1.15. The summed E-state index contributed by atoms with van der Waals surface area (Å²) in [6.45, 7) is 2.13. The van der Waals surface area contributed by atoms with E-state index in [0.29, 0.717) is 5.25 Å². The van der Waals surface area contributed by atoms with Crippen LogP contribution in [0.1, 0.15) is 18.9 Å². The van der Waals surface area contributed by atoms with E-state index in [9.17, 15) is 0 Å². The molecule has 1 aromatic rings. The van der Waals surface area contributed by atoms with Crippen LogP contribution >= 0.6 is 12.6 Å². The van der Waals surface area contributed by atoms with Crippen LogP contribution < -0.4 is 0 Å². The molecule has 1 rings (SSSR count). The standard InChI is InChI=1S/C10H14S.CO2/c1-9(11)7-8-10-5-3-2-4-6-10;2-1-3/h2-6,9,11H,7-8H2,1H3;/t9-;/m1./s1. The summed E-state index contributed by atoms with van der Waals surface area (Å²) >= 11 is 4.33. The Morgan fingerprint density at radius 3 is 2.21 bits per heavy atom. The highest BCUT2D eigenvalue weighted by atomic mass is 32.1. The van der Waals surface area contributed by atoms with E-state index in [1.807, 2.05) is 6.07 Å². The quantitative estimate of drug-likeness (QED) is 0.777. The largest absolute Gasteiger partial charge is 0.373 e. The first-order chi connectivity index (χ1) is 6.70. The van der Waals surface area contributed by atoms with Crippen molar-refractivity contribution in [1.82, 2.24) is 0 Å². The molecule has 0 aliphatic rings. The number of benzene rings is 1. The summed E-state index contributed by atoms with van der Waals surface area (Å²) in [6.07, 6.45) is 2.55. The lowest BCUT2D eigenvalue weighted by molar-refractivity contribution is -0.191. The van der Waals surface area contributed by atoms with Gasteiger partial charge in [-0.05, 0) is 23.7 Å². The first-order valence-corrected chi connectivity index (χ1v) is 4.93. The maximum Gasteiger partial charge on any atom is 0.373 e. The third-order valence-corrected chi connectivity index (χ3v) is 1.95. The van der Waals surface area contributed by atoms with Crippen LogP contribution in [0.5, 0.6) is 0 Å². The molecule has 1 aromatic carbocycles. The monoisotopic (exact) mass is 210 g/mol. The minimum absolute atomic E-state index is 0.250. The van der Waals surface area contributed by atoms with Gasteiger partial charge in [-0.15, -0.1) is 0 Å². The fourth-order valence-electron chi connectivity index (χ4n) is 1.02. The molecule has 0 amide bonds. The first-order valence-electron chi connectivity index (χ1n) is 4.42. The molecule has 76 valence electrons.